The third kappa shape index (κ3) is 4.40. The summed E-state index contributed by atoms with van der Waals surface area (Å²) in [7, 11) is -3.21. The number of carbonyl (C=O) groups is 2. The number of sulfone groups is 1. The monoisotopic (exact) mass is 376 g/mol. The summed E-state index contributed by atoms with van der Waals surface area (Å²) < 4.78 is 38.1. The molecule has 7 nitrogen and oxygen atoms in total. The van der Waals surface area contributed by atoms with Crippen molar-refractivity contribution < 1.29 is 32.2 Å². The molecule has 8 heteroatoms. The highest BCUT2D eigenvalue weighted by atomic mass is 32.2. The quantitative estimate of drug-likeness (QED) is 0.562. The number of ether oxygens (including phenoxy) is 3. The van der Waals surface area contributed by atoms with Crippen molar-refractivity contribution in [3.05, 3.63) is 59.2 Å². The van der Waals surface area contributed by atoms with Gasteiger partial charge in [0.05, 0.1) is 11.3 Å². The summed E-state index contributed by atoms with van der Waals surface area (Å²) in [6, 6.07) is 10.8. The van der Waals surface area contributed by atoms with E-state index in [1.54, 1.807) is 24.3 Å². The zero-order valence-corrected chi connectivity index (χ0v) is 14.7. The fourth-order valence-electron chi connectivity index (χ4n) is 2.46. The average molecular weight is 376 g/mol. The van der Waals surface area contributed by atoms with Crippen LogP contribution in [0.5, 0.6) is 11.5 Å². The minimum Gasteiger partial charge on any atom is -0.454 e. The maximum Gasteiger partial charge on any atom is 0.338 e. The van der Waals surface area contributed by atoms with Crippen molar-refractivity contribution >= 4 is 21.6 Å². The van der Waals surface area contributed by atoms with Gasteiger partial charge in [-0.15, -0.1) is 0 Å². The Kier molecular flexibility index (Phi) is 4.94. The van der Waals surface area contributed by atoms with Crippen LogP contribution in [0, 0.1) is 0 Å². The summed E-state index contributed by atoms with van der Waals surface area (Å²) in [5.41, 5.74) is 1.00. The van der Waals surface area contributed by atoms with E-state index < -0.39 is 22.4 Å². The number of esters is 1. The fraction of sp³-hybridized carbons (Fsp3) is 0.222. The molecule has 0 aromatic heterocycles. The van der Waals surface area contributed by atoms with Gasteiger partial charge in [0, 0.05) is 11.8 Å². The molecular weight excluding hydrogens is 360 g/mol. The Morgan fingerprint density at radius 2 is 1.81 bits per heavy atom. The molecule has 0 atom stereocenters. The van der Waals surface area contributed by atoms with E-state index in [1.165, 1.54) is 18.2 Å². The van der Waals surface area contributed by atoms with Gasteiger partial charge in [-0.1, -0.05) is 12.1 Å². The molecule has 0 N–H and O–H groups in total. The molecule has 136 valence electrons. The summed E-state index contributed by atoms with van der Waals surface area (Å²) in [5.74, 6) is -0.236. The lowest BCUT2D eigenvalue weighted by Gasteiger charge is -2.07. The van der Waals surface area contributed by atoms with Gasteiger partial charge in [-0.25, -0.2) is 13.2 Å². The summed E-state index contributed by atoms with van der Waals surface area (Å²) in [4.78, 5) is 24.3. The lowest BCUT2D eigenvalue weighted by Crippen LogP contribution is -2.14. The van der Waals surface area contributed by atoms with Crippen molar-refractivity contribution in [2.45, 2.75) is 5.75 Å². The Labute approximate surface area is 150 Å². The summed E-state index contributed by atoms with van der Waals surface area (Å²) in [6.45, 7) is -0.333. The maximum absolute atomic E-state index is 12.2. The van der Waals surface area contributed by atoms with Gasteiger partial charge in [0.1, 0.15) is 0 Å². The predicted molar refractivity (Wildman–Crippen MR) is 92.2 cm³/mol. The maximum atomic E-state index is 12.2. The normalized spacial score (nSPS) is 12.7. The minimum atomic E-state index is -3.21. The number of hydrogen-bond acceptors (Lipinski definition) is 7. The van der Waals surface area contributed by atoms with Gasteiger partial charge < -0.3 is 14.2 Å². The molecule has 1 heterocycles. The minimum absolute atomic E-state index is 0.103. The summed E-state index contributed by atoms with van der Waals surface area (Å²) >= 11 is 0. The van der Waals surface area contributed by atoms with E-state index in [2.05, 4.69) is 0 Å². The van der Waals surface area contributed by atoms with Crippen LogP contribution in [0.2, 0.25) is 0 Å². The van der Waals surface area contributed by atoms with E-state index in [1.807, 2.05) is 0 Å². The highest BCUT2D eigenvalue weighted by Crippen LogP contribution is 2.32. The van der Waals surface area contributed by atoms with Crippen LogP contribution in [0.25, 0.3) is 0 Å². The molecule has 0 bridgehead atoms. The molecule has 26 heavy (non-hydrogen) atoms. The van der Waals surface area contributed by atoms with E-state index >= 15 is 0 Å². The lowest BCUT2D eigenvalue weighted by molar-refractivity contribution is 0.0474. The van der Waals surface area contributed by atoms with Gasteiger partial charge in [-0.3, -0.25) is 4.79 Å². The van der Waals surface area contributed by atoms with Crippen LogP contribution in [0.4, 0.5) is 0 Å². The Balaban J connectivity index is 1.63. The average Bonchev–Trinajstić information content (AvgIpc) is 3.05. The molecule has 0 saturated heterocycles. The molecule has 1 aliphatic rings. The first-order valence-electron chi connectivity index (χ1n) is 7.68. The zero-order chi connectivity index (χ0) is 18.7. The topological polar surface area (TPSA) is 96.0 Å². The van der Waals surface area contributed by atoms with Crippen molar-refractivity contribution in [1.82, 2.24) is 0 Å². The van der Waals surface area contributed by atoms with Crippen LogP contribution in [-0.2, 0) is 20.3 Å². The first kappa shape index (κ1) is 17.9. The Morgan fingerprint density at radius 3 is 2.58 bits per heavy atom. The number of ketones is 1. The van der Waals surface area contributed by atoms with Gasteiger partial charge >= 0.3 is 5.97 Å². The lowest BCUT2D eigenvalue weighted by atomic mass is 10.1. The number of hydrogen-bond donors (Lipinski definition) is 0. The smallest absolute Gasteiger partial charge is 0.338 e. The van der Waals surface area contributed by atoms with Crippen LogP contribution in [0.1, 0.15) is 26.3 Å². The first-order chi connectivity index (χ1) is 12.3. The predicted octanol–water partition coefficient (Wildman–Crippen LogP) is 2.00. The second kappa shape index (κ2) is 7.17. The fourth-order valence-corrected chi connectivity index (χ4v) is 3.24. The molecule has 0 radical (unpaired) electrons. The molecule has 0 amide bonds. The van der Waals surface area contributed by atoms with Gasteiger partial charge in [0.25, 0.3) is 0 Å². The molecule has 2 aromatic rings. The number of fused-ring (bicyclic) bond motifs is 1. The van der Waals surface area contributed by atoms with Crippen molar-refractivity contribution in [3.8, 4) is 11.5 Å². The number of Topliss-reactive ketones (excluding diaryl/α,β-unsaturated/α-hetero) is 1. The van der Waals surface area contributed by atoms with Gasteiger partial charge in [0.15, 0.2) is 33.7 Å². The van der Waals surface area contributed by atoms with E-state index in [0.29, 0.717) is 22.6 Å². The second-order valence-corrected chi connectivity index (χ2v) is 7.98. The third-order valence-corrected chi connectivity index (χ3v) is 4.48. The number of benzene rings is 2. The molecule has 0 unspecified atom stereocenters. The number of carbonyl (C=O) groups excluding carboxylic acids is 2. The molecule has 0 saturated carbocycles. The molecule has 0 spiro atoms. The van der Waals surface area contributed by atoms with Gasteiger partial charge in [0.2, 0.25) is 6.79 Å². The van der Waals surface area contributed by atoms with Gasteiger partial charge in [-0.2, -0.15) is 0 Å². The third-order valence-electron chi connectivity index (χ3n) is 3.62. The van der Waals surface area contributed by atoms with E-state index in [9.17, 15) is 18.0 Å². The Hall–Kier alpha value is -2.87. The summed E-state index contributed by atoms with van der Waals surface area (Å²) in [5, 5.41) is 0. The molecule has 2 aromatic carbocycles. The first-order valence-corrected chi connectivity index (χ1v) is 9.74. The standard InChI is InChI=1S/C18H16O7S/c1-26(21,22)10-12-3-2-4-14(7-12)18(20)23-9-15(19)13-5-6-16-17(8-13)25-11-24-16/h2-8H,9-11H2,1H3. The molecule has 0 aliphatic carbocycles. The zero-order valence-electron chi connectivity index (χ0n) is 13.9. The largest absolute Gasteiger partial charge is 0.454 e. The van der Waals surface area contributed by atoms with Crippen LogP contribution < -0.4 is 9.47 Å². The van der Waals surface area contributed by atoms with Crippen LogP contribution in [0.15, 0.2) is 42.5 Å². The van der Waals surface area contributed by atoms with E-state index in [4.69, 9.17) is 14.2 Å². The summed E-state index contributed by atoms with van der Waals surface area (Å²) in [6.07, 6.45) is 1.11. The van der Waals surface area contributed by atoms with Gasteiger partial charge in [-0.05, 0) is 35.9 Å². The molecule has 0 fully saturated rings. The SMILES string of the molecule is CS(=O)(=O)Cc1cccc(C(=O)OCC(=O)c2ccc3c(c2)OCO3)c1. The second-order valence-electron chi connectivity index (χ2n) is 5.84. The highest BCUT2D eigenvalue weighted by Gasteiger charge is 2.18. The van der Waals surface area contributed by atoms with Crippen molar-refractivity contribution in [3.63, 3.8) is 0 Å². The highest BCUT2D eigenvalue weighted by molar-refractivity contribution is 7.89. The van der Waals surface area contributed by atoms with Crippen molar-refractivity contribution in [2.75, 3.05) is 19.7 Å². The van der Waals surface area contributed by atoms with Crippen LogP contribution >= 0.6 is 0 Å². The van der Waals surface area contributed by atoms with Crippen molar-refractivity contribution in [2.24, 2.45) is 0 Å². The van der Waals surface area contributed by atoms with E-state index in [0.717, 1.165) is 6.26 Å². The molecule has 1 aliphatic heterocycles. The Morgan fingerprint density at radius 1 is 1.04 bits per heavy atom. The number of rotatable bonds is 6. The Bertz CT molecular complexity index is 963. The van der Waals surface area contributed by atoms with Crippen LogP contribution in [0.3, 0.4) is 0 Å². The molecular formula is C18H16O7S. The van der Waals surface area contributed by atoms with Crippen LogP contribution in [-0.4, -0.2) is 39.8 Å². The van der Waals surface area contributed by atoms with E-state index in [-0.39, 0.29) is 23.9 Å². The molecule has 3 rings (SSSR count). The van der Waals surface area contributed by atoms with Crippen molar-refractivity contribution in [1.29, 1.82) is 0 Å².